The summed E-state index contributed by atoms with van der Waals surface area (Å²) in [5.41, 5.74) is 3.29. The van der Waals surface area contributed by atoms with E-state index in [0.29, 0.717) is 22.1 Å². The molecule has 1 amide bonds. The van der Waals surface area contributed by atoms with Crippen molar-refractivity contribution < 1.29 is 14.3 Å². The minimum Gasteiger partial charge on any atom is -0.493 e. The molecule has 0 saturated heterocycles. The molecule has 3 aromatic rings. The Hall–Kier alpha value is -3.56. The first kappa shape index (κ1) is 21.7. The number of benzene rings is 2. The Bertz CT molecular complexity index is 1180. The lowest BCUT2D eigenvalue weighted by Gasteiger charge is -2.13. The van der Waals surface area contributed by atoms with Gasteiger partial charge in [-0.2, -0.15) is 0 Å². The van der Waals surface area contributed by atoms with Crippen molar-refractivity contribution in [2.24, 2.45) is 4.99 Å². The van der Waals surface area contributed by atoms with E-state index in [2.05, 4.69) is 11.2 Å². The molecule has 6 heteroatoms. The number of rotatable bonds is 7. The van der Waals surface area contributed by atoms with Gasteiger partial charge in [0.05, 0.1) is 12.7 Å². The van der Waals surface area contributed by atoms with Gasteiger partial charge in [0.25, 0.3) is 5.91 Å². The number of terminal acetylenes is 1. The highest BCUT2D eigenvalue weighted by molar-refractivity contribution is 7.16. The van der Waals surface area contributed by atoms with E-state index in [-0.39, 0.29) is 12.5 Å². The molecule has 1 aliphatic carbocycles. The number of aliphatic imine (C=N–C) groups is 1. The summed E-state index contributed by atoms with van der Waals surface area (Å²) in [6.07, 6.45) is 11.2. The van der Waals surface area contributed by atoms with Gasteiger partial charge in [-0.15, -0.1) is 17.8 Å². The lowest BCUT2D eigenvalue weighted by molar-refractivity contribution is 0.102. The maximum Gasteiger partial charge on any atom is 0.259 e. The molecular weight excluding hydrogens is 420 g/mol. The third-order valence-electron chi connectivity index (χ3n) is 5.26. The van der Waals surface area contributed by atoms with E-state index in [1.165, 1.54) is 4.88 Å². The molecule has 0 bridgehead atoms. The van der Waals surface area contributed by atoms with Crippen LogP contribution in [0.3, 0.4) is 0 Å². The Morgan fingerprint density at radius 2 is 2.00 bits per heavy atom. The number of fused-ring (bicyclic) bond motifs is 1. The number of carbonyl (C=O) groups is 1. The number of ether oxygens (including phenoxy) is 2. The summed E-state index contributed by atoms with van der Waals surface area (Å²) in [4.78, 5) is 19.2. The summed E-state index contributed by atoms with van der Waals surface area (Å²) in [6.45, 7) is 0.124. The summed E-state index contributed by atoms with van der Waals surface area (Å²) < 4.78 is 11.1. The van der Waals surface area contributed by atoms with Gasteiger partial charge < -0.3 is 14.8 Å². The maximum absolute atomic E-state index is 13.2. The first-order valence-corrected chi connectivity index (χ1v) is 11.3. The van der Waals surface area contributed by atoms with Crippen LogP contribution in [-0.4, -0.2) is 25.8 Å². The van der Waals surface area contributed by atoms with E-state index in [0.717, 1.165) is 42.5 Å². The molecule has 0 atom stereocenters. The number of thiophene rings is 1. The van der Waals surface area contributed by atoms with Crippen LogP contribution in [0.15, 0.2) is 53.5 Å². The first-order valence-electron chi connectivity index (χ1n) is 10.5. The van der Waals surface area contributed by atoms with Crippen molar-refractivity contribution in [2.45, 2.75) is 25.7 Å². The van der Waals surface area contributed by atoms with Crippen LogP contribution >= 0.6 is 11.3 Å². The van der Waals surface area contributed by atoms with E-state index in [4.69, 9.17) is 20.9 Å². The fourth-order valence-electron chi connectivity index (χ4n) is 3.78. The summed E-state index contributed by atoms with van der Waals surface area (Å²) in [7, 11) is 1.58. The molecule has 1 aliphatic rings. The third-order valence-corrected chi connectivity index (χ3v) is 6.46. The quantitative estimate of drug-likeness (QED) is 0.378. The Labute approximate surface area is 192 Å². The van der Waals surface area contributed by atoms with Crippen LogP contribution in [0.1, 0.15) is 39.2 Å². The summed E-state index contributed by atoms with van der Waals surface area (Å²) in [5, 5.41) is 3.72. The molecule has 4 rings (SSSR count). The summed E-state index contributed by atoms with van der Waals surface area (Å²) in [6, 6.07) is 15.0. The molecule has 2 aromatic carbocycles. The zero-order chi connectivity index (χ0) is 22.3. The molecule has 0 aliphatic heterocycles. The highest BCUT2D eigenvalue weighted by Crippen LogP contribution is 2.40. The van der Waals surface area contributed by atoms with Crippen molar-refractivity contribution in [3.05, 3.63) is 70.1 Å². The number of carbonyl (C=O) groups excluding carboxylic acids is 1. The van der Waals surface area contributed by atoms with E-state index < -0.39 is 0 Å². The number of anilines is 1. The van der Waals surface area contributed by atoms with Crippen molar-refractivity contribution in [3.8, 4) is 23.8 Å². The lowest BCUT2D eigenvalue weighted by Crippen LogP contribution is -2.14. The van der Waals surface area contributed by atoms with Gasteiger partial charge in [0, 0.05) is 22.3 Å². The molecule has 0 radical (unpaired) electrons. The Morgan fingerprint density at radius 1 is 1.19 bits per heavy atom. The molecule has 0 saturated carbocycles. The van der Waals surface area contributed by atoms with Crippen molar-refractivity contribution >= 4 is 34.1 Å². The van der Waals surface area contributed by atoms with Gasteiger partial charge in [0.2, 0.25) is 0 Å². The molecule has 162 valence electrons. The first-order chi connectivity index (χ1) is 15.7. The zero-order valence-corrected chi connectivity index (χ0v) is 18.7. The van der Waals surface area contributed by atoms with Crippen molar-refractivity contribution in [3.63, 3.8) is 0 Å². The second kappa shape index (κ2) is 10.2. The molecule has 5 nitrogen and oxygen atoms in total. The molecule has 32 heavy (non-hydrogen) atoms. The fraction of sp³-hybridized carbons (Fsp3) is 0.231. The van der Waals surface area contributed by atoms with E-state index in [1.54, 1.807) is 24.7 Å². The maximum atomic E-state index is 13.2. The SMILES string of the molecule is C#CCOc1c(/C=N\c2sc3c(c2C(=O)Nc2ccccc2)CCCC3)cccc1OC. The van der Waals surface area contributed by atoms with Gasteiger partial charge in [0.1, 0.15) is 11.6 Å². The minimum absolute atomic E-state index is 0.124. The summed E-state index contributed by atoms with van der Waals surface area (Å²) >= 11 is 1.59. The zero-order valence-electron chi connectivity index (χ0n) is 17.9. The van der Waals surface area contributed by atoms with E-state index >= 15 is 0 Å². The van der Waals surface area contributed by atoms with Crippen LogP contribution in [0.4, 0.5) is 10.7 Å². The van der Waals surface area contributed by atoms with Crippen LogP contribution in [0.5, 0.6) is 11.5 Å². The average Bonchev–Trinajstić information content (AvgIpc) is 3.20. The number of hydrogen-bond acceptors (Lipinski definition) is 5. The van der Waals surface area contributed by atoms with Crippen LogP contribution in [0.25, 0.3) is 0 Å². The van der Waals surface area contributed by atoms with Crippen molar-refractivity contribution in [1.82, 2.24) is 0 Å². The Kier molecular flexibility index (Phi) is 6.88. The molecular formula is C26H24N2O3S. The number of amides is 1. The van der Waals surface area contributed by atoms with Gasteiger partial charge in [-0.1, -0.05) is 30.2 Å². The molecule has 0 unspecified atom stereocenters. The third kappa shape index (κ3) is 4.68. The standard InChI is InChI=1S/C26H24N2O3S/c1-3-16-31-24-18(10-9-14-21(24)30-2)17-27-26-23(20-13-7-8-15-22(20)32-26)25(29)28-19-11-5-4-6-12-19/h1,4-6,9-12,14,17H,7-8,13,15-16H2,2H3,(H,28,29)/b27-17-. The van der Waals surface area contributed by atoms with Gasteiger partial charge >= 0.3 is 0 Å². The van der Waals surface area contributed by atoms with Crippen molar-refractivity contribution in [1.29, 1.82) is 0 Å². The average molecular weight is 445 g/mol. The highest BCUT2D eigenvalue weighted by atomic mass is 32.1. The van der Waals surface area contributed by atoms with Gasteiger partial charge in [0.15, 0.2) is 11.5 Å². The predicted octanol–water partition coefficient (Wildman–Crippen LogP) is 5.65. The smallest absolute Gasteiger partial charge is 0.259 e. The number of nitrogens with one attached hydrogen (secondary N) is 1. The normalized spacial score (nSPS) is 12.8. The van der Waals surface area contributed by atoms with Crippen LogP contribution in [-0.2, 0) is 12.8 Å². The Balaban J connectivity index is 1.70. The monoisotopic (exact) mass is 444 g/mol. The number of hydrogen-bond donors (Lipinski definition) is 1. The topological polar surface area (TPSA) is 59.9 Å². The van der Waals surface area contributed by atoms with E-state index in [1.807, 2.05) is 48.5 Å². The molecule has 1 N–H and O–H groups in total. The number of nitrogens with zero attached hydrogens (tertiary/aromatic N) is 1. The lowest BCUT2D eigenvalue weighted by atomic mass is 9.95. The number of methoxy groups -OCH3 is 1. The second-order valence-corrected chi connectivity index (χ2v) is 8.42. The van der Waals surface area contributed by atoms with Gasteiger partial charge in [-0.05, 0) is 55.5 Å². The number of aryl methyl sites for hydroxylation is 1. The van der Waals surface area contributed by atoms with Crippen LogP contribution in [0.2, 0.25) is 0 Å². The minimum atomic E-state index is -0.128. The predicted molar refractivity (Wildman–Crippen MR) is 130 cm³/mol. The largest absolute Gasteiger partial charge is 0.493 e. The van der Waals surface area contributed by atoms with Gasteiger partial charge in [-0.25, -0.2) is 4.99 Å². The number of para-hydroxylation sites is 2. The fourth-order valence-corrected chi connectivity index (χ4v) is 5.01. The van der Waals surface area contributed by atoms with Gasteiger partial charge in [-0.3, -0.25) is 4.79 Å². The molecule has 1 aromatic heterocycles. The van der Waals surface area contributed by atoms with E-state index in [9.17, 15) is 4.79 Å². The molecule has 1 heterocycles. The van der Waals surface area contributed by atoms with Crippen LogP contribution in [0, 0.1) is 12.3 Å². The second-order valence-electron chi connectivity index (χ2n) is 7.34. The molecule has 0 fully saturated rings. The molecule has 0 spiro atoms. The Morgan fingerprint density at radius 3 is 2.78 bits per heavy atom. The highest BCUT2D eigenvalue weighted by Gasteiger charge is 2.25. The van der Waals surface area contributed by atoms with Crippen LogP contribution < -0.4 is 14.8 Å². The van der Waals surface area contributed by atoms with Crippen molar-refractivity contribution in [2.75, 3.05) is 19.0 Å². The summed E-state index contributed by atoms with van der Waals surface area (Å²) in [5.74, 6) is 3.46.